The molecule has 0 fully saturated rings. The van der Waals surface area contributed by atoms with Crippen LogP contribution in [0.4, 0.5) is 5.69 Å². The number of ether oxygens (including phenoxy) is 1. The van der Waals surface area contributed by atoms with E-state index < -0.39 is 16.6 Å². The summed E-state index contributed by atoms with van der Waals surface area (Å²) in [6.07, 6.45) is 0. The molecular weight excluding hydrogens is 362 g/mol. The van der Waals surface area contributed by atoms with Gasteiger partial charge in [0.1, 0.15) is 5.75 Å². The van der Waals surface area contributed by atoms with Gasteiger partial charge in [0, 0.05) is 11.3 Å². The van der Waals surface area contributed by atoms with Crippen LogP contribution in [-0.4, -0.2) is 30.8 Å². The molecule has 0 bridgehead atoms. The van der Waals surface area contributed by atoms with Gasteiger partial charge >= 0.3 is 0 Å². The van der Waals surface area contributed by atoms with Crippen molar-refractivity contribution in [1.29, 1.82) is 0 Å². The minimum absolute atomic E-state index is 0.213. The zero-order valence-corrected chi connectivity index (χ0v) is 13.7. The average molecular weight is 376 g/mol. The number of methoxy groups -OCH3 is 1. The zero-order valence-electron chi connectivity index (χ0n) is 11.3. The van der Waals surface area contributed by atoms with Crippen LogP contribution >= 0.6 is 15.9 Å². The van der Waals surface area contributed by atoms with Gasteiger partial charge in [-0.25, -0.2) is 0 Å². The Morgan fingerprint density at radius 3 is 2.76 bits per heavy atom. The second-order valence-corrected chi connectivity index (χ2v) is 6.70. The molecule has 21 heavy (non-hydrogen) atoms. The lowest BCUT2D eigenvalue weighted by Gasteiger charge is -2.09. The van der Waals surface area contributed by atoms with E-state index in [0.29, 0.717) is 21.6 Å². The fraction of sp³-hybridized carbons (Fsp3) is 0.250. The van der Waals surface area contributed by atoms with Gasteiger partial charge in [-0.2, -0.15) is 13.5 Å². The molecule has 3 N–H and O–H groups in total. The van der Waals surface area contributed by atoms with Gasteiger partial charge in [-0.1, -0.05) is 0 Å². The van der Waals surface area contributed by atoms with E-state index in [1.54, 1.807) is 25.1 Å². The molecule has 0 aliphatic heterocycles. The van der Waals surface area contributed by atoms with Crippen molar-refractivity contribution in [1.82, 2.24) is 10.2 Å². The lowest BCUT2D eigenvalue weighted by Crippen LogP contribution is -2.15. The standard InChI is InChI=1S/C12H14BrN3O4S/c1-7-9(6-17)12(15-14-7)21(18,19)16-8-3-4-11(20-2)10(13)5-8/h3-5,16-17H,6H2,1-2H3,(H,14,15). The van der Waals surface area contributed by atoms with Gasteiger partial charge < -0.3 is 9.84 Å². The molecule has 0 aliphatic carbocycles. The Morgan fingerprint density at radius 1 is 1.48 bits per heavy atom. The molecule has 1 aromatic carbocycles. The molecule has 0 saturated heterocycles. The van der Waals surface area contributed by atoms with E-state index in [9.17, 15) is 13.5 Å². The monoisotopic (exact) mass is 375 g/mol. The second-order valence-electron chi connectivity index (χ2n) is 4.25. The van der Waals surface area contributed by atoms with Crippen LogP contribution in [0, 0.1) is 6.92 Å². The van der Waals surface area contributed by atoms with Gasteiger partial charge in [-0.05, 0) is 41.1 Å². The molecule has 2 aromatic rings. The number of benzene rings is 1. The number of aromatic nitrogens is 2. The van der Waals surface area contributed by atoms with Crippen LogP contribution in [0.2, 0.25) is 0 Å². The van der Waals surface area contributed by atoms with Crippen molar-refractivity contribution >= 4 is 31.6 Å². The summed E-state index contributed by atoms with van der Waals surface area (Å²) < 4.78 is 32.7. The number of hydrogen-bond acceptors (Lipinski definition) is 5. The van der Waals surface area contributed by atoms with Crippen LogP contribution in [-0.2, 0) is 16.6 Å². The van der Waals surface area contributed by atoms with Crippen LogP contribution in [0.1, 0.15) is 11.3 Å². The summed E-state index contributed by atoms with van der Waals surface area (Å²) in [6.45, 7) is 1.23. The Morgan fingerprint density at radius 2 is 2.19 bits per heavy atom. The van der Waals surface area contributed by atoms with E-state index >= 15 is 0 Å². The van der Waals surface area contributed by atoms with Crippen LogP contribution in [0.15, 0.2) is 27.7 Å². The molecule has 0 saturated carbocycles. The largest absolute Gasteiger partial charge is 0.496 e. The number of aliphatic hydroxyl groups excluding tert-OH is 1. The maximum absolute atomic E-state index is 12.3. The second kappa shape index (κ2) is 6.04. The van der Waals surface area contributed by atoms with E-state index in [-0.39, 0.29) is 10.6 Å². The Balaban J connectivity index is 2.35. The number of aromatic amines is 1. The summed E-state index contributed by atoms with van der Waals surface area (Å²) in [5, 5.41) is 15.3. The number of rotatable bonds is 5. The van der Waals surface area contributed by atoms with Gasteiger partial charge in [0.15, 0.2) is 0 Å². The molecule has 0 atom stereocenters. The van der Waals surface area contributed by atoms with E-state index in [2.05, 4.69) is 30.8 Å². The predicted octanol–water partition coefficient (Wildman–Crippen LogP) is 1.78. The fourth-order valence-electron chi connectivity index (χ4n) is 1.77. The molecule has 1 aromatic heterocycles. The first-order valence-corrected chi connectivity index (χ1v) is 8.17. The van der Waals surface area contributed by atoms with E-state index in [4.69, 9.17) is 4.74 Å². The highest BCUT2D eigenvalue weighted by atomic mass is 79.9. The number of nitrogens with zero attached hydrogens (tertiary/aromatic N) is 1. The number of aliphatic hydroxyl groups is 1. The average Bonchev–Trinajstić information content (AvgIpc) is 2.80. The van der Waals surface area contributed by atoms with Gasteiger partial charge in [0.25, 0.3) is 10.0 Å². The number of aryl methyl sites for hydroxylation is 1. The van der Waals surface area contributed by atoms with Gasteiger partial charge in [-0.3, -0.25) is 9.82 Å². The van der Waals surface area contributed by atoms with Gasteiger partial charge in [0.2, 0.25) is 5.03 Å². The van der Waals surface area contributed by atoms with E-state index in [1.165, 1.54) is 7.11 Å². The molecule has 7 nitrogen and oxygen atoms in total. The molecule has 0 radical (unpaired) electrons. The van der Waals surface area contributed by atoms with Gasteiger partial charge in [0.05, 0.1) is 23.9 Å². The quantitative estimate of drug-likeness (QED) is 0.738. The summed E-state index contributed by atoms with van der Waals surface area (Å²) in [7, 11) is -2.37. The first-order valence-electron chi connectivity index (χ1n) is 5.90. The number of halogens is 1. The molecular formula is C12H14BrN3O4S. The first kappa shape index (κ1) is 15.8. The molecule has 0 unspecified atom stereocenters. The van der Waals surface area contributed by atoms with E-state index in [0.717, 1.165) is 0 Å². The molecule has 0 aliphatic rings. The number of anilines is 1. The highest BCUT2D eigenvalue weighted by molar-refractivity contribution is 9.10. The zero-order chi connectivity index (χ0) is 15.6. The number of H-pyrrole nitrogens is 1. The van der Waals surface area contributed by atoms with E-state index in [1.807, 2.05) is 0 Å². The number of nitrogens with one attached hydrogen (secondary N) is 2. The molecule has 0 spiro atoms. The Kier molecular flexibility index (Phi) is 4.55. The lowest BCUT2D eigenvalue weighted by atomic mass is 10.3. The summed E-state index contributed by atoms with van der Waals surface area (Å²) in [4.78, 5) is 0. The first-order chi connectivity index (χ1) is 9.89. The maximum atomic E-state index is 12.3. The highest BCUT2D eigenvalue weighted by Crippen LogP contribution is 2.29. The highest BCUT2D eigenvalue weighted by Gasteiger charge is 2.23. The third kappa shape index (κ3) is 3.20. The van der Waals surface area contributed by atoms with Crippen LogP contribution in [0.25, 0.3) is 0 Å². The van der Waals surface area contributed by atoms with Crippen molar-refractivity contribution < 1.29 is 18.3 Å². The number of sulfonamides is 1. The third-order valence-electron chi connectivity index (χ3n) is 2.85. The Bertz CT molecular complexity index is 758. The topological polar surface area (TPSA) is 104 Å². The number of hydrogen-bond donors (Lipinski definition) is 3. The van der Waals surface area contributed by atoms with Crippen molar-refractivity contribution in [3.8, 4) is 5.75 Å². The summed E-state index contributed by atoms with van der Waals surface area (Å²) in [5.74, 6) is 0.588. The predicted molar refractivity (Wildman–Crippen MR) is 80.8 cm³/mol. The normalized spacial score (nSPS) is 11.4. The van der Waals surface area contributed by atoms with Crippen LogP contribution in [0.5, 0.6) is 5.75 Å². The minimum atomic E-state index is -3.89. The van der Waals surface area contributed by atoms with Crippen molar-refractivity contribution in [3.63, 3.8) is 0 Å². The Hall–Kier alpha value is -1.58. The van der Waals surface area contributed by atoms with Crippen LogP contribution in [0.3, 0.4) is 0 Å². The summed E-state index contributed by atoms with van der Waals surface area (Å²) in [5.41, 5.74) is 1.11. The molecule has 2 rings (SSSR count). The maximum Gasteiger partial charge on any atom is 0.281 e. The smallest absolute Gasteiger partial charge is 0.281 e. The van der Waals surface area contributed by atoms with Crippen molar-refractivity contribution in [2.75, 3.05) is 11.8 Å². The Labute approximate surface area is 130 Å². The minimum Gasteiger partial charge on any atom is -0.496 e. The lowest BCUT2D eigenvalue weighted by molar-refractivity contribution is 0.277. The SMILES string of the molecule is COc1ccc(NS(=O)(=O)c2n[nH]c(C)c2CO)cc1Br. The third-order valence-corrected chi connectivity index (χ3v) is 4.82. The van der Waals surface area contributed by atoms with Crippen molar-refractivity contribution in [3.05, 3.63) is 33.9 Å². The molecule has 9 heteroatoms. The molecule has 1 heterocycles. The fourth-order valence-corrected chi connectivity index (χ4v) is 3.55. The summed E-state index contributed by atoms with van der Waals surface area (Å²) in [6, 6.07) is 4.78. The molecule has 114 valence electrons. The molecule has 0 amide bonds. The summed E-state index contributed by atoms with van der Waals surface area (Å²) >= 11 is 3.28. The van der Waals surface area contributed by atoms with Crippen molar-refractivity contribution in [2.24, 2.45) is 0 Å². The van der Waals surface area contributed by atoms with Crippen LogP contribution < -0.4 is 9.46 Å². The van der Waals surface area contributed by atoms with Crippen molar-refractivity contribution in [2.45, 2.75) is 18.6 Å². The van der Waals surface area contributed by atoms with Gasteiger partial charge in [-0.15, -0.1) is 0 Å².